The van der Waals surface area contributed by atoms with Crippen molar-refractivity contribution < 1.29 is 18.9 Å². The molecule has 0 heterocycles. The van der Waals surface area contributed by atoms with Crippen molar-refractivity contribution >= 4 is 0 Å². The molecule has 0 N–H and O–H groups in total. The van der Waals surface area contributed by atoms with Crippen molar-refractivity contribution in [3.8, 4) is 12.3 Å². The molecule has 0 aliphatic carbocycles. The van der Waals surface area contributed by atoms with E-state index in [0.29, 0.717) is 45.4 Å². The molecular formula is C12H20O4. The Kier molecular flexibility index (Phi) is 11.3. The molecule has 0 aromatic heterocycles. The monoisotopic (exact) mass is 228 g/mol. The smallest absolute Gasteiger partial charge is 0.162 e. The number of hydrogen-bond acceptors (Lipinski definition) is 4. The van der Waals surface area contributed by atoms with E-state index in [2.05, 4.69) is 12.5 Å². The zero-order valence-corrected chi connectivity index (χ0v) is 9.87. The van der Waals surface area contributed by atoms with Crippen LogP contribution in [0.4, 0.5) is 0 Å². The standard InChI is InChI=1S/C12H20O4/c1-4-12(3)16-11-10-15-9-8-14-7-6-13-5-2/h1H,3,5-11H2,2H3. The molecule has 4 heteroatoms. The molecule has 0 spiro atoms. The Morgan fingerprint density at radius 2 is 1.50 bits per heavy atom. The van der Waals surface area contributed by atoms with Gasteiger partial charge in [0.1, 0.15) is 6.61 Å². The fourth-order valence-corrected chi connectivity index (χ4v) is 0.850. The van der Waals surface area contributed by atoms with Crippen LogP contribution in [0.2, 0.25) is 0 Å². The summed E-state index contributed by atoms with van der Waals surface area (Å²) in [4.78, 5) is 0. The zero-order valence-electron chi connectivity index (χ0n) is 9.87. The van der Waals surface area contributed by atoms with Gasteiger partial charge in [-0.2, -0.15) is 0 Å². The van der Waals surface area contributed by atoms with E-state index in [1.807, 2.05) is 6.92 Å². The van der Waals surface area contributed by atoms with Gasteiger partial charge in [0.15, 0.2) is 5.76 Å². The van der Waals surface area contributed by atoms with Gasteiger partial charge in [-0.05, 0) is 19.4 Å². The fourth-order valence-electron chi connectivity index (χ4n) is 0.850. The molecular weight excluding hydrogens is 208 g/mol. The van der Waals surface area contributed by atoms with Gasteiger partial charge < -0.3 is 18.9 Å². The molecule has 92 valence electrons. The Labute approximate surface area is 97.5 Å². The molecule has 0 aromatic carbocycles. The van der Waals surface area contributed by atoms with Gasteiger partial charge in [0.2, 0.25) is 0 Å². The SMILES string of the molecule is C#CC(=C)OCCOCCOCCOCC. The summed E-state index contributed by atoms with van der Waals surface area (Å²) < 4.78 is 20.6. The van der Waals surface area contributed by atoms with Crippen LogP contribution in [0.3, 0.4) is 0 Å². The van der Waals surface area contributed by atoms with Crippen molar-refractivity contribution in [2.75, 3.05) is 46.2 Å². The van der Waals surface area contributed by atoms with E-state index in [-0.39, 0.29) is 0 Å². The van der Waals surface area contributed by atoms with E-state index in [4.69, 9.17) is 25.4 Å². The van der Waals surface area contributed by atoms with Gasteiger partial charge in [-0.15, -0.1) is 6.42 Å². The predicted molar refractivity (Wildman–Crippen MR) is 62.1 cm³/mol. The second kappa shape index (κ2) is 12.1. The number of terminal acetylenes is 1. The molecule has 0 saturated heterocycles. The molecule has 0 aliphatic rings. The maximum Gasteiger partial charge on any atom is 0.162 e. The molecule has 16 heavy (non-hydrogen) atoms. The zero-order chi connectivity index (χ0) is 12.1. The highest BCUT2D eigenvalue weighted by atomic mass is 16.6. The van der Waals surface area contributed by atoms with Crippen molar-refractivity contribution in [2.45, 2.75) is 6.92 Å². The third-order valence-electron chi connectivity index (χ3n) is 1.61. The van der Waals surface area contributed by atoms with E-state index >= 15 is 0 Å². The summed E-state index contributed by atoms with van der Waals surface area (Å²) in [5, 5.41) is 0. The Hall–Kier alpha value is -1.02. The van der Waals surface area contributed by atoms with E-state index in [1.54, 1.807) is 0 Å². The van der Waals surface area contributed by atoms with Gasteiger partial charge in [-0.3, -0.25) is 0 Å². The maximum atomic E-state index is 5.24. The second-order valence-electron chi connectivity index (χ2n) is 2.84. The number of hydrogen-bond donors (Lipinski definition) is 0. The average molecular weight is 228 g/mol. The first-order chi connectivity index (χ1) is 7.81. The van der Waals surface area contributed by atoms with Crippen molar-refractivity contribution in [1.29, 1.82) is 0 Å². The minimum atomic E-state index is 0.330. The Bertz CT molecular complexity index is 208. The van der Waals surface area contributed by atoms with Crippen LogP contribution >= 0.6 is 0 Å². The fraction of sp³-hybridized carbons (Fsp3) is 0.667. The van der Waals surface area contributed by atoms with Crippen LogP contribution in [-0.2, 0) is 18.9 Å². The first-order valence-corrected chi connectivity index (χ1v) is 5.32. The van der Waals surface area contributed by atoms with Crippen LogP contribution in [0.1, 0.15) is 6.92 Å². The largest absolute Gasteiger partial charge is 0.484 e. The van der Waals surface area contributed by atoms with Gasteiger partial charge >= 0.3 is 0 Å². The summed E-state index contributed by atoms with van der Waals surface area (Å²) in [5.41, 5.74) is 0. The third kappa shape index (κ3) is 11.1. The van der Waals surface area contributed by atoms with Crippen LogP contribution < -0.4 is 0 Å². The number of allylic oxidation sites excluding steroid dienone is 1. The lowest BCUT2D eigenvalue weighted by Gasteiger charge is -2.06. The summed E-state index contributed by atoms with van der Waals surface area (Å²) in [5.74, 6) is 2.62. The molecule has 0 unspecified atom stereocenters. The van der Waals surface area contributed by atoms with E-state index in [0.717, 1.165) is 6.61 Å². The highest BCUT2D eigenvalue weighted by molar-refractivity contribution is 5.13. The molecule has 4 nitrogen and oxygen atoms in total. The topological polar surface area (TPSA) is 36.9 Å². The Balaban J connectivity index is 2.99. The lowest BCUT2D eigenvalue weighted by Crippen LogP contribution is -2.11. The Morgan fingerprint density at radius 3 is 2.00 bits per heavy atom. The summed E-state index contributed by atoms with van der Waals surface area (Å²) >= 11 is 0. The van der Waals surface area contributed by atoms with Crippen LogP contribution in [-0.4, -0.2) is 46.2 Å². The maximum absolute atomic E-state index is 5.24. The lowest BCUT2D eigenvalue weighted by atomic mass is 10.6. The molecule has 0 amide bonds. The van der Waals surface area contributed by atoms with Crippen molar-refractivity contribution in [2.24, 2.45) is 0 Å². The summed E-state index contributed by atoms with van der Waals surface area (Å²) in [7, 11) is 0. The number of rotatable bonds is 11. The molecule has 0 fully saturated rings. The molecule has 0 rings (SSSR count). The molecule has 0 aromatic rings. The van der Waals surface area contributed by atoms with Gasteiger partial charge in [-0.1, -0.05) is 0 Å². The quantitative estimate of drug-likeness (QED) is 0.303. The molecule has 0 aliphatic heterocycles. The average Bonchev–Trinajstić information content (AvgIpc) is 2.31. The van der Waals surface area contributed by atoms with Gasteiger partial charge in [0, 0.05) is 6.61 Å². The first kappa shape index (κ1) is 15.0. The molecule has 0 saturated carbocycles. The van der Waals surface area contributed by atoms with E-state index in [1.165, 1.54) is 0 Å². The van der Waals surface area contributed by atoms with Crippen LogP contribution in [0.5, 0.6) is 0 Å². The Morgan fingerprint density at radius 1 is 1.00 bits per heavy atom. The van der Waals surface area contributed by atoms with Crippen molar-refractivity contribution in [3.63, 3.8) is 0 Å². The van der Waals surface area contributed by atoms with Gasteiger partial charge in [0.25, 0.3) is 0 Å². The molecule has 0 atom stereocenters. The van der Waals surface area contributed by atoms with Crippen molar-refractivity contribution in [1.82, 2.24) is 0 Å². The first-order valence-electron chi connectivity index (χ1n) is 5.32. The molecule has 0 bridgehead atoms. The van der Waals surface area contributed by atoms with Crippen LogP contribution in [0.15, 0.2) is 12.3 Å². The predicted octanol–water partition coefficient (Wildman–Crippen LogP) is 1.22. The van der Waals surface area contributed by atoms with Crippen LogP contribution in [0.25, 0.3) is 0 Å². The number of ether oxygens (including phenoxy) is 4. The van der Waals surface area contributed by atoms with Gasteiger partial charge in [-0.25, -0.2) is 0 Å². The minimum Gasteiger partial charge on any atom is -0.484 e. The highest BCUT2D eigenvalue weighted by Crippen LogP contribution is 1.89. The summed E-state index contributed by atoms with van der Waals surface area (Å²) in [6, 6.07) is 0. The van der Waals surface area contributed by atoms with E-state index < -0.39 is 0 Å². The van der Waals surface area contributed by atoms with Gasteiger partial charge in [0.05, 0.1) is 33.0 Å². The van der Waals surface area contributed by atoms with E-state index in [9.17, 15) is 0 Å². The minimum absolute atomic E-state index is 0.330. The summed E-state index contributed by atoms with van der Waals surface area (Å²) in [6.45, 7) is 9.39. The normalized spacial score (nSPS) is 9.75. The summed E-state index contributed by atoms with van der Waals surface area (Å²) in [6.07, 6.45) is 5.05. The third-order valence-corrected chi connectivity index (χ3v) is 1.61. The highest BCUT2D eigenvalue weighted by Gasteiger charge is 1.92. The second-order valence-corrected chi connectivity index (χ2v) is 2.84. The lowest BCUT2D eigenvalue weighted by molar-refractivity contribution is 0.00741. The van der Waals surface area contributed by atoms with Crippen molar-refractivity contribution in [3.05, 3.63) is 12.3 Å². The van der Waals surface area contributed by atoms with Crippen LogP contribution in [0, 0.1) is 12.3 Å². The molecule has 0 radical (unpaired) electrons.